The molecular formula is C14H26N4. The van der Waals surface area contributed by atoms with Crippen LogP contribution in [0.2, 0.25) is 0 Å². The first kappa shape index (κ1) is 13.6. The lowest BCUT2D eigenvalue weighted by Gasteiger charge is -2.23. The van der Waals surface area contributed by atoms with Crippen molar-refractivity contribution >= 4 is 0 Å². The van der Waals surface area contributed by atoms with Gasteiger partial charge in [-0.15, -0.1) is 0 Å². The fraction of sp³-hybridized carbons (Fsp3) is 0.786. The number of aryl methyl sites for hydroxylation is 2. The maximum absolute atomic E-state index is 4.29. The number of hydrogen-bond acceptors (Lipinski definition) is 3. The summed E-state index contributed by atoms with van der Waals surface area (Å²) in [5.74, 6) is 0. The van der Waals surface area contributed by atoms with Crippen molar-refractivity contribution in [1.82, 2.24) is 20.0 Å². The zero-order valence-corrected chi connectivity index (χ0v) is 12.2. The molecule has 18 heavy (non-hydrogen) atoms. The summed E-state index contributed by atoms with van der Waals surface area (Å²) in [6, 6.07) is 0.751. The number of H-pyrrole nitrogens is 1. The first-order valence-electron chi connectivity index (χ1n) is 6.97. The van der Waals surface area contributed by atoms with E-state index in [4.69, 9.17) is 0 Å². The van der Waals surface area contributed by atoms with Crippen LogP contribution in [-0.2, 0) is 6.54 Å². The van der Waals surface area contributed by atoms with Gasteiger partial charge in [0.15, 0.2) is 0 Å². The van der Waals surface area contributed by atoms with Crippen LogP contribution in [0, 0.1) is 13.8 Å². The van der Waals surface area contributed by atoms with E-state index in [-0.39, 0.29) is 0 Å². The van der Waals surface area contributed by atoms with Crippen LogP contribution >= 0.6 is 0 Å². The standard InChI is InChI=1S/C14H26N4/c1-11-14(12(2)16-15-11)10-18-8-5-6-13(7-9-18)17(3)4/h13H,5-10H2,1-4H3,(H,15,16)/t13-/m0/s1. The number of rotatable bonds is 3. The summed E-state index contributed by atoms with van der Waals surface area (Å²) >= 11 is 0. The Morgan fingerprint density at radius 2 is 2.06 bits per heavy atom. The third-order valence-corrected chi connectivity index (χ3v) is 4.18. The Morgan fingerprint density at radius 3 is 2.67 bits per heavy atom. The molecule has 4 heteroatoms. The predicted molar refractivity (Wildman–Crippen MR) is 74.7 cm³/mol. The van der Waals surface area contributed by atoms with E-state index in [0.29, 0.717) is 0 Å². The highest BCUT2D eigenvalue weighted by atomic mass is 15.2. The minimum absolute atomic E-state index is 0.751. The highest BCUT2D eigenvalue weighted by molar-refractivity contribution is 5.22. The maximum Gasteiger partial charge on any atom is 0.0639 e. The number of nitrogens with one attached hydrogen (secondary N) is 1. The molecule has 1 aromatic heterocycles. The van der Waals surface area contributed by atoms with Crippen LogP contribution in [0.4, 0.5) is 0 Å². The highest BCUT2D eigenvalue weighted by Gasteiger charge is 2.19. The molecule has 1 aliphatic rings. The van der Waals surface area contributed by atoms with Gasteiger partial charge in [-0.05, 0) is 60.3 Å². The normalized spacial score (nSPS) is 22.4. The molecule has 1 atom stereocenters. The molecular weight excluding hydrogens is 224 g/mol. The van der Waals surface area contributed by atoms with Crippen molar-refractivity contribution in [1.29, 1.82) is 0 Å². The summed E-state index contributed by atoms with van der Waals surface area (Å²) in [6.45, 7) is 7.69. The van der Waals surface area contributed by atoms with Crippen LogP contribution < -0.4 is 0 Å². The molecule has 0 amide bonds. The van der Waals surface area contributed by atoms with E-state index in [2.05, 4.69) is 47.9 Å². The van der Waals surface area contributed by atoms with Gasteiger partial charge in [0.25, 0.3) is 0 Å². The Morgan fingerprint density at radius 1 is 1.28 bits per heavy atom. The van der Waals surface area contributed by atoms with Crippen molar-refractivity contribution in [3.05, 3.63) is 17.0 Å². The second kappa shape index (κ2) is 5.85. The average Bonchev–Trinajstić information content (AvgIpc) is 2.57. The van der Waals surface area contributed by atoms with Crippen LogP contribution in [0.5, 0.6) is 0 Å². The van der Waals surface area contributed by atoms with Crippen LogP contribution in [0.25, 0.3) is 0 Å². The van der Waals surface area contributed by atoms with Gasteiger partial charge in [-0.3, -0.25) is 10.00 Å². The van der Waals surface area contributed by atoms with E-state index >= 15 is 0 Å². The summed E-state index contributed by atoms with van der Waals surface area (Å²) in [6.07, 6.45) is 3.91. The molecule has 0 aromatic carbocycles. The van der Waals surface area contributed by atoms with Gasteiger partial charge in [0.2, 0.25) is 0 Å². The Hall–Kier alpha value is -0.870. The van der Waals surface area contributed by atoms with Crippen molar-refractivity contribution in [3.63, 3.8) is 0 Å². The summed E-state index contributed by atoms with van der Waals surface area (Å²) in [4.78, 5) is 4.95. The molecule has 0 unspecified atom stereocenters. The van der Waals surface area contributed by atoms with E-state index in [1.807, 2.05) is 0 Å². The SMILES string of the molecule is Cc1n[nH]c(C)c1CN1CCC[C@H](N(C)C)CC1. The van der Waals surface area contributed by atoms with Crippen LogP contribution in [0.15, 0.2) is 0 Å². The number of aromatic amines is 1. The summed E-state index contributed by atoms with van der Waals surface area (Å²) in [5.41, 5.74) is 3.76. The van der Waals surface area contributed by atoms with Gasteiger partial charge >= 0.3 is 0 Å². The molecule has 1 N–H and O–H groups in total. The minimum atomic E-state index is 0.751. The number of hydrogen-bond donors (Lipinski definition) is 1. The Bertz CT molecular complexity index is 364. The Labute approximate surface area is 110 Å². The molecule has 1 aliphatic heterocycles. The Kier molecular flexibility index (Phi) is 4.40. The van der Waals surface area contributed by atoms with Crippen molar-refractivity contribution in [2.24, 2.45) is 0 Å². The lowest BCUT2D eigenvalue weighted by atomic mass is 10.1. The predicted octanol–water partition coefficient (Wildman–Crippen LogP) is 1.94. The van der Waals surface area contributed by atoms with Gasteiger partial charge in [0, 0.05) is 23.8 Å². The molecule has 4 nitrogen and oxygen atoms in total. The molecule has 0 spiro atoms. The highest BCUT2D eigenvalue weighted by Crippen LogP contribution is 2.18. The number of aromatic nitrogens is 2. The topological polar surface area (TPSA) is 35.2 Å². The first-order valence-corrected chi connectivity index (χ1v) is 6.97. The largest absolute Gasteiger partial charge is 0.306 e. The smallest absolute Gasteiger partial charge is 0.0639 e. The van der Waals surface area contributed by atoms with E-state index in [1.165, 1.54) is 43.6 Å². The lowest BCUT2D eigenvalue weighted by molar-refractivity contribution is 0.245. The molecule has 0 radical (unpaired) electrons. The van der Waals surface area contributed by atoms with Crippen molar-refractivity contribution in [2.45, 2.75) is 45.7 Å². The zero-order valence-electron chi connectivity index (χ0n) is 12.2. The number of likely N-dealkylation sites (tertiary alicyclic amines) is 1. The van der Waals surface area contributed by atoms with Crippen molar-refractivity contribution in [3.8, 4) is 0 Å². The second-order valence-electron chi connectivity index (χ2n) is 5.74. The summed E-state index contributed by atoms with van der Waals surface area (Å²) in [5, 5.41) is 7.37. The van der Waals surface area contributed by atoms with Crippen molar-refractivity contribution in [2.75, 3.05) is 27.2 Å². The first-order chi connectivity index (χ1) is 8.58. The van der Waals surface area contributed by atoms with E-state index in [9.17, 15) is 0 Å². The van der Waals surface area contributed by atoms with Crippen LogP contribution in [-0.4, -0.2) is 53.2 Å². The molecule has 1 saturated heterocycles. The fourth-order valence-corrected chi connectivity index (χ4v) is 2.84. The number of nitrogens with zero attached hydrogens (tertiary/aromatic N) is 3. The Balaban J connectivity index is 1.95. The molecule has 1 aromatic rings. The molecule has 102 valence electrons. The van der Waals surface area contributed by atoms with Crippen LogP contribution in [0.1, 0.15) is 36.2 Å². The zero-order chi connectivity index (χ0) is 13.1. The molecule has 1 fully saturated rings. The molecule has 0 bridgehead atoms. The molecule has 2 rings (SSSR count). The third kappa shape index (κ3) is 3.12. The van der Waals surface area contributed by atoms with Crippen LogP contribution in [0.3, 0.4) is 0 Å². The summed E-state index contributed by atoms with van der Waals surface area (Å²) < 4.78 is 0. The molecule has 2 heterocycles. The van der Waals surface area contributed by atoms with E-state index in [0.717, 1.165) is 18.3 Å². The fourth-order valence-electron chi connectivity index (χ4n) is 2.84. The molecule has 0 saturated carbocycles. The monoisotopic (exact) mass is 250 g/mol. The van der Waals surface area contributed by atoms with E-state index < -0.39 is 0 Å². The third-order valence-electron chi connectivity index (χ3n) is 4.18. The average molecular weight is 250 g/mol. The van der Waals surface area contributed by atoms with Gasteiger partial charge in [0.05, 0.1) is 5.69 Å². The molecule has 0 aliphatic carbocycles. The van der Waals surface area contributed by atoms with Gasteiger partial charge in [-0.1, -0.05) is 0 Å². The maximum atomic E-state index is 4.29. The van der Waals surface area contributed by atoms with Gasteiger partial charge < -0.3 is 4.90 Å². The van der Waals surface area contributed by atoms with Crippen molar-refractivity contribution < 1.29 is 0 Å². The summed E-state index contributed by atoms with van der Waals surface area (Å²) in [7, 11) is 4.40. The second-order valence-corrected chi connectivity index (χ2v) is 5.74. The van der Waals surface area contributed by atoms with Gasteiger partial charge in [-0.25, -0.2) is 0 Å². The quantitative estimate of drug-likeness (QED) is 0.890. The lowest BCUT2D eigenvalue weighted by Crippen LogP contribution is -2.30. The minimum Gasteiger partial charge on any atom is -0.306 e. The van der Waals surface area contributed by atoms with Gasteiger partial charge in [-0.2, -0.15) is 5.10 Å². The van der Waals surface area contributed by atoms with Gasteiger partial charge in [0.1, 0.15) is 0 Å². The van der Waals surface area contributed by atoms with E-state index in [1.54, 1.807) is 0 Å².